The molecule has 7 nitrogen and oxygen atoms in total. The molecular formula is C56H35N7. The molecule has 0 saturated carbocycles. The highest BCUT2D eigenvalue weighted by molar-refractivity contribution is 6.22. The Labute approximate surface area is 361 Å². The Morgan fingerprint density at radius 2 is 0.825 bits per heavy atom. The van der Waals surface area contributed by atoms with Crippen molar-refractivity contribution in [1.29, 1.82) is 0 Å². The highest BCUT2D eigenvalue weighted by atomic mass is 15.2. The van der Waals surface area contributed by atoms with E-state index in [0.717, 1.165) is 77.2 Å². The van der Waals surface area contributed by atoms with Gasteiger partial charge in [0.05, 0.1) is 45.0 Å². The molecule has 0 aliphatic carbocycles. The molecule has 13 rings (SSSR count). The number of para-hydroxylation sites is 5. The maximum atomic E-state index is 5.44. The maximum Gasteiger partial charge on any atom is 0.238 e. The average Bonchev–Trinajstić information content (AvgIpc) is 4.00. The summed E-state index contributed by atoms with van der Waals surface area (Å²) in [6, 6.07) is 70.4. The fourth-order valence-corrected chi connectivity index (χ4v) is 9.80. The molecule has 0 atom stereocenters. The number of benzene rings is 8. The number of hydrogen-bond donors (Lipinski definition) is 0. The minimum Gasteiger partial charge on any atom is -0.309 e. The van der Waals surface area contributed by atoms with E-state index in [9.17, 15) is 0 Å². The predicted octanol–water partition coefficient (Wildman–Crippen LogP) is 13.6. The van der Waals surface area contributed by atoms with Crippen LogP contribution in [0.1, 0.15) is 0 Å². The van der Waals surface area contributed by atoms with Crippen LogP contribution in [0, 0.1) is 0 Å². The molecule has 0 bridgehead atoms. The maximum absolute atomic E-state index is 5.44. The van der Waals surface area contributed by atoms with Crippen molar-refractivity contribution >= 4 is 65.4 Å². The Morgan fingerprint density at radius 3 is 1.54 bits per heavy atom. The summed E-state index contributed by atoms with van der Waals surface area (Å²) in [4.78, 5) is 20.6. The van der Waals surface area contributed by atoms with Gasteiger partial charge in [0.1, 0.15) is 0 Å². The predicted molar refractivity (Wildman–Crippen MR) is 257 cm³/mol. The highest BCUT2D eigenvalue weighted by Gasteiger charge is 2.24. The highest BCUT2D eigenvalue weighted by Crippen LogP contribution is 2.44. The van der Waals surface area contributed by atoms with E-state index in [1.165, 1.54) is 21.9 Å². The lowest BCUT2D eigenvalue weighted by Gasteiger charge is -2.15. The number of hydrogen-bond acceptors (Lipinski definition) is 4. The quantitative estimate of drug-likeness (QED) is 0.168. The van der Waals surface area contributed by atoms with Crippen LogP contribution in [0.4, 0.5) is 0 Å². The van der Waals surface area contributed by atoms with Crippen LogP contribution in [0.2, 0.25) is 0 Å². The first-order valence-corrected chi connectivity index (χ1v) is 21.1. The second-order valence-electron chi connectivity index (χ2n) is 15.9. The zero-order valence-corrected chi connectivity index (χ0v) is 33.8. The van der Waals surface area contributed by atoms with Gasteiger partial charge in [-0.05, 0) is 71.8 Å². The van der Waals surface area contributed by atoms with Gasteiger partial charge in [-0.2, -0.15) is 9.97 Å². The summed E-state index contributed by atoms with van der Waals surface area (Å²) in [6.07, 6.45) is 3.80. The van der Waals surface area contributed by atoms with E-state index in [4.69, 9.17) is 15.0 Å². The summed E-state index contributed by atoms with van der Waals surface area (Å²) < 4.78 is 6.87. The van der Waals surface area contributed by atoms with Crippen molar-refractivity contribution in [1.82, 2.24) is 33.6 Å². The van der Waals surface area contributed by atoms with E-state index in [1.54, 1.807) is 0 Å². The number of fused-ring (bicyclic) bond motifs is 9. The molecule has 5 aromatic heterocycles. The van der Waals surface area contributed by atoms with Crippen molar-refractivity contribution in [2.24, 2.45) is 0 Å². The van der Waals surface area contributed by atoms with E-state index < -0.39 is 0 Å². The van der Waals surface area contributed by atoms with Gasteiger partial charge in [-0.1, -0.05) is 140 Å². The van der Waals surface area contributed by atoms with Crippen molar-refractivity contribution in [2.75, 3.05) is 0 Å². The van der Waals surface area contributed by atoms with E-state index in [0.29, 0.717) is 17.6 Å². The van der Waals surface area contributed by atoms with Gasteiger partial charge in [0.25, 0.3) is 0 Å². The molecule has 8 aromatic carbocycles. The van der Waals surface area contributed by atoms with E-state index in [2.05, 4.69) is 201 Å². The normalized spacial score (nSPS) is 11.8. The topological polar surface area (TPSA) is 66.3 Å². The van der Waals surface area contributed by atoms with Crippen molar-refractivity contribution in [3.63, 3.8) is 0 Å². The van der Waals surface area contributed by atoms with Crippen molar-refractivity contribution in [3.8, 4) is 51.2 Å². The van der Waals surface area contributed by atoms with Crippen LogP contribution >= 0.6 is 0 Å². The van der Waals surface area contributed by atoms with Gasteiger partial charge in [-0.15, -0.1) is 0 Å². The van der Waals surface area contributed by atoms with Crippen LogP contribution in [0.3, 0.4) is 0 Å². The summed E-state index contributed by atoms with van der Waals surface area (Å²) in [6.45, 7) is 0. The molecule has 0 aliphatic heterocycles. The average molecular weight is 806 g/mol. The molecule has 5 heterocycles. The Bertz CT molecular complexity index is 3860. The number of pyridine rings is 1. The summed E-state index contributed by atoms with van der Waals surface area (Å²) in [5, 5.41) is 6.98. The third-order valence-electron chi connectivity index (χ3n) is 12.4. The van der Waals surface area contributed by atoms with Crippen LogP contribution in [0.25, 0.3) is 117 Å². The minimum atomic E-state index is 0.541. The molecular weight excluding hydrogens is 771 g/mol. The third kappa shape index (κ3) is 5.33. The first-order chi connectivity index (χ1) is 31.3. The number of nitrogens with zero attached hydrogens (tertiary/aromatic N) is 7. The van der Waals surface area contributed by atoms with Gasteiger partial charge < -0.3 is 9.13 Å². The largest absolute Gasteiger partial charge is 0.309 e. The van der Waals surface area contributed by atoms with Crippen LogP contribution in [-0.4, -0.2) is 33.6 Å². The van der Waals surface area contributed by atoms with E-state index in [-0.39, 0.29) is 0 Å². The van der Waals surface area contributed by atoms with Gasteiger partial charge >= 0.3 is 0 Å². The fourth-order valence-electron chi connectivity index (χ4n) is 9.80. The van der Waals surface area contributed by atoms with Crippen molar-refractivity contribution in [3.05, 3.63) is 213 Å². The summed E-state index contributed by atoms with van der Waals surface area (Å²) in [7, 11) is 0. The van der Waals surface area contributed by atoms with E-state index >= 15 is 0 Å². The first-order valence-electron chi connectivity index (χ1n) is 21.1. The smallest absolute Gasteiger partial charge is 0.238 e. The molecule has 0 aliphatic rings. The Kier molecular flexibility index (Phi) is 7.77. The Hall–Kier alpha value is -8.68. The number of aromatic nitrogens is 7. The molecule has 0 saturated heterocycles. The third-order valence-corrected chi connectivity index (χ3v) is 12.4. The Morgan fingerprint density at radius 1 is 0.317 bits per heavy atom. The van der Waals surface area contributed by atoms with Gasteiger partial charge in [-0.25, -0.2) is 4.98 Å². The standard InChI is InChI=1S/C56H35N7/c1-3-17-36(18-4-1)54-58-55(44-24-10-14-30-48(44)62-45-27-11-7-21-38(45)39-33-34-57-35-51(39)62)60-56(59-54)63-47-29-13-9-23-43(47)53-41(26-16-32-50(53)63)40-25-15-31-49-52(40)42-22-8-12-28-46(42)61(49)37-19-5-2-6-20-37/h1-35H. The zero-order valence-electron chi connectivity index (χ0n) is 33.8. The molecule has 0 fully saturated rings. The van der Waals surface area contributed by atoms with Gasteiger partial charge in [-0.3, -0.25) is 9.55 Å². The molecule has 0 amide bonds. The molecule has 294 valence electrons. The van der Waals surface area contributed by atoms with Gasteiger partial charge in [0.15, 0.2) is 11.6 Å². The van der Waals surface area contributed by atoms with Gasteiger partial charge in [0, 0.05) is 55.3 Å². The second kappa shape index (κ2) is 13.9. The SMILES string of the molecule is c1ccc(-c2nc(-c3ccccc3-n3c4ccccc4c4ccncc43)nc(-n3c4ccccc4c4c(-c5cccc6c5c5ccccc5n6-c5ccccc5)cccc43)n2)cc1. The van der Waals surface area contributed by atoms with Crippen molar-refractivity contribution < 1.29 is 0 Å². The molecule has 0 unspecified atom stereocenters. The second-order valence-corrected chi connectivity index (χ2v) is 15.9. The lowest BCUT2D eigenvalue weighted by molar-refractivity contribution is 0.951. The summed E-state index contributed by atoms with van der Waals surface area (Å²) >= 11 is 0. The van der Waals surface area contributed by atoms with Crippen LogP contribution in [-0.2, 0) is 0 Å². The van der Waals surface area contributed by atoms with Crippen LogP contribution in [0.5, 0.6) is 0 Å². The van der Waals surface area contributed by atoms with Gasteiger partial charge in [0.2, 0.25) is 5.95 Å². The first kappa shape index (κ1) is 35.1. The molecule has 13 aromatic rings. The summed E-state index contributed by atoms with van der Waals surface area (Å²) in [5.74, 6) is 1.71. The molecule has 63 heavy (non-hydrogen) atoms. The lowest BCUT2D eigenvalue weighted by Crippen LogP contribution is -2.07. The lowest BCUT2D eigenvalue weighted by atomic mass is 9.95. The van der Waals surface area contributed by atoms with Crippen molar-refractivity contribution in [2.45, 2.75) is 0 Å². The zero-order chi connectivity index (χ0) is 41.4. The Balaban J connectivity index is 1.08. The van der Waals surface area contributed by atoms with Crippen LogP contribution < -0.4 is 0 Å². The molecule has 0 spiro atoms. The fraction of sp³-hybridized carbons (Fsp3) is 0. The van der Waals surface area contributed by atoms with Crippen LogP contribution in [0.15, 0.2) is 213 Å². The minimum absolute atomic E-state index is 0.541. The summed E-state index contributed by atoms with van der Waals surface area (Å²) in [5.41, 5.74) is 12.6. The number of rotatable bonds is 6. The molecule has 0 N–H and O–H groups in total. The molecule has 0 radical (unpaired) electrons. The molecule has 7 heteroatoms. The van der Waals surface area contributed by atoms with E-state index in [1.807, 2.05) is 30.6 Å². The monoisotopic (exact) mass is 805 g/mol.